The molecule has 0 atom stereocenters. The first-order valence-corrected chi connectivity index (χ1v) is 6.88. The van der Waals surface area contributed by atoms with Crippen LogP contribution >= 0.6 is 0 Å². The summed E-state index contributed by atoms with van der Waals surface area (Å²) in [5.74, 6) is -0.202. The second-order valence-corrected chi connectivity index (χ2v) is 5.06. The average Bonchev–Trinajstić information content (AvgIpc) is 2.54. The third-order valence-electron chi connectivity index (χ3n) is 3.66. The molecule has 3 rings (SSSR count). The number of benzene rings is 2. The van der Waals surface area contributed by atoms with Gasteiger partial charge in [0, 0.05) is 10.9 Å². The molecular weight excluding hydrogens is 278 g/mol. The van der Waals surface area contributed by atoms with Gasteiger partial charge in [-0.25, -0.2) is 9.78 Å². The molecule has 22 heavy (non-hydrogen) atoms. The molecule has 2 aromatic carbocycles. The molecule has 0 aliphatic heterocycles. The van der Waals surface area contributed by atoms with Crippen LogP contribution in [-0.2, 0) is 0 Å². The van der Waals surface area contributed by atoms with E-state index in [1.807, 2.05) is 43.3 Å². The van der Waals surface area contributed by atoms with E-state index in [1.54, 1.807) is 19.2 Å². The Bertz CT molecular complexity index is 854. The van der Waals surface area contributed by atoms with E-state index in [2.05, 4.69) is 4.98 Å². The number of methoxy groups -OCH3 is 1. The lowest BCUT2D eigenvalue weighted by Gasteiger charge is -2.09. The number of aromatic nitrogens is 1. The molecule has 0 spiro atoms. The Balaban J connectivity index is 2.25. The van der Waals surface area contributed by atoms with Crippen LogP contribution in [0.4, 0.5) is 0 Å². The fourth-order valence-electron chi connectivity index (χ4n) is 2.48. The normalized spacial score (nSPS) is 10.6. The third kappa shape index (κ3) is 2.39. The Morgan fingerprint density at radius 2 is 1.86 bits per heavy atom. The molecule has 0 saturated heterocycles. The first-order valence-electron chi connectivity index (χ1n) is 6.88. The largest absolute Gasteiger partial charge is 0.497 e. The fourth-order valence-corrected chi connectivity index (χ4v) is 2.48. The van der Waals surface area contributed by atoms with Gasteiger partial charge in [-0.05, 0) is 42.8 Å². The van der Waals surface area contributed by atoms with Gasteiger partial charge in [0.15, 0.2) is 0 Å². The Kier molecular flexibility index (Phi) is 3.51. The van der Waals surface area contributed by atoms with Crippen molar-refractivity contribution in [2.45, 2.75) is 6.92 Å². The monoisotopic (exact) mass is 293 g/mol. The van der Waals surface area contributed by atoms with Gasteiger partial charge in [-0.2, -0.15) is 0 Å². The third-order valence-corrected chi connectivity index (χ3v) is 3.66. The average molecular weight is 293 g/mol. The van der Waals surface area contributed by atoms with Crippen molar-refractivity contribution in [3.63, 3.8) is 0 Å². The van der Waals surface area contributed by atoms with Gasteiger partial charge in [0.1, 0.15) is 5.75 Å². The van der Waals surface area contributed by atoms with Gasteiger partial charge >= 0.3 is 5.97 Å². The highest BCUT2D eigenvalue weighted by Gasteiger charge is 2.14. The molecule has 1 aromatic heterocycles. The summed E-state index contributed by atoms with van der Waals surface area (Å²) in [7, 11) is 1.61. The van der Waals surface area contributed by atoms with E-state index < -0.39 is 5.97 Å². The summed E-state index contributed by atoms with van der Waals surface area (Å²) < 4.78 is 5.14. The van der Waals surface area contributed by atoms with Crippen molar-refractivity contribution in [1.29, 1.82) is 0 Å². The Labute approximate surface area is 128 Å². The number of nitrogens with zero attached hydrogens (tertiary/aromatic N) is 1. The number of hydrogen-bond acceptors (Lipinski definition) is 3. The molecule has 3 aromatic rings. The number of fused-ring (bicyclic) bond motifs is 1. The lowest BCUT2D eigenvalue weighted by molar-refractivity contribution is 0.0699. The molecule has 0 radical (unpaired) electrons. The van der Waals surface area contributed by atoms with E-state index in [0.29, 0.717) is 16.6 Å². The molecule has 0 aliphatic rings. The second kappa shape index (κ2) is 5.48. The minimum atomic E-state index is -0.951. The van der Waals surface area contributed by atoms with E-state index in [1.165, 1.54) is 0 Å². The van der Waals surface area contributed by atoms with Gasteiger partial charge in [0.2, 0.25) is 0 Å². The molecule has 4 heteroatoms. The standard InChI is InChI=1S/C18H15NO3/c1-11-4-3-5-14-15(18(20)21)10-16(19-17(11)14)12-6-8-13(22-2)9-7-12/h3-10H,1-2H3,(H,20,21). The molecule has 1 N–H and O–H groups in total. The molecule has 1 heterocycles. The van der Waals surface area contributed by atoms with Crippen molar-refractivity contribution in [3.8, 4) is 17.0 Å². The summed E-state index contributed by atoms with van der Waals surface area (Å²) in [4.78, 5) is 16.2. The van der Waals surface area contributed by atoms with Crippen LogP contribution in [0.25, 0.3) is 22.2 Å². The van der Waals surface area contributed by atoms with Crippen LogP contribution in [0.1, 0.15) is 15.9 Å². The maximum atomic E-state index is 11.6. The number of aryl methyl sites for hydroxylation is 1. The van der Waals surface area contributed by atoms with Crippen molar-refractivity contribution in [3.05, 3.63) is 59.7 Å². The van der Waals surface area contributed by atoms with Crippen LogP contribution in [0.2, 0.25) is 0 Å². The zero-order valence-corrected chi connectivity index (χ0v) is 12.3. The van der Waals surface area contributed by atoms with Gasteiger partial charge in [0.25, 0.3) is 0 Å². The summed E-state index contributed by atoms with van der Waals surface area (Å²) in [5, 5.41) is 10.1. The predicted octanol–water partition coefficient (Wildman–Crippen LogP) is 3.92. The Hall–Kier alpha value is -2.88. The second-order valence-electron chi connectivity index (χ2n) is 5.06. The van der Waals surface area contributed by atoms with Crippen LogP contribution in [0.3, 0.4) is 0 Å². The predicted molar refractivity (Wildman–Crippen MR) is 85.4 cm³/mol. The van der Waals surface area contributed by atoms with Crippen molar-refractivity contribution < 1.29 is 14.6 Å². The molecule has 0 saturated carbocycles. The topological polar surface area (TPSA) is 59.4 Å². The molecule has 0 bridgehead atoms. The number of aromatic carboxylic acids is 1. The minimum Gasteiger partial charge on any atom is -0.497 e. The summed E-state index contributed by atoms with van der Waals surface area (Å²) >= 11 is 0. The number of carboxylic acids is 1. The molecule has 0 unspecified atom stereocenters. The maximum Gasteiger partial charge on any atom is 0.336 e. The van der Waals surface area contributed by atoms with Crippen LogP contribution in [0.15, 0.2) is 48.5 Å². The van der Waals surface area contributed by atoms with Gasteiger partial charge < -0.3 is 9.84 Å². The number of carbonyl (C=O) groups is 1. The van der Waals surface area contributed by atoms with Crippen molar-refractivity contribution in [1.82, 2.24) is 4.98 Å². The van der Waals surface area contributed by atoms with E-state index >= 15 is 0 Å². The highest BCUT2D eigenvalue weighted by molar-refractivity contribution is 6.04. The highest BCUT2D eigenvalue weighted by Crippen LogP contribution is 2.27. The van der Waals surface area contributed by atoms with Crippen LogP contribution < -0.4 is 4.74 Å². The minimum absolute atomic E-state index is 0.263. The lowest BCUT2D eigenvalue weighted by Crippen LogP contribution is -2.01. The highest BCUT2D eigenvalue weighted by atomic mass is 16.5. The van der Waals surface area contributed by atoms with Crippen LogP contribution in [-0.4, -0.2) is 23.2 Å². The number of hydrogen-bond donors (Lipinski definition) is 1. The van der Waals surface area contributed by atoms with E-state index in [4.69, 9.17) is 4.74 Å². The van der Waals surface area contributed by atoms with Crippen molar-refractivity contribution >= 4 is 16.9 Å². The molecular formula is C18H15NO3. The number of carboxylic acid groups (broad SMARTS) is 1. The van der Waals surface area contributed by atoms with Gasteiger partial charge in [0.05, 0.1) is 23.9 Å². The van der Waals surface area contributed by atoms with Crippen molar-refractivity contribution in [2.75, 3.05) is 7.11 Å². The lowest BCUT2D eigenvalue weighted by atomic mass is 10.0. The zero-order chi connectivity index (χ0) is 15.7. The molecule has 4 nitrogen and oxygen atoms in total. The first kappa shape index (κ1) is 14.1. The fraction of sp³-hybridized carbons (Fsp3) is 0.111. The number of para-hydroxylation sites is 1. The van der Waals surface area contributed by atoms with Crippen LogP contribution in [0, 0.1) is 6.92 Å². The van der Waals surface area contributed by atoms with E-state index in [9.17, 15) is 9.90 Å². The summed E-state index contributed by atoms with van der Waals surface area (Å²) in [6.45, 7) is 1.93. The Morgan fingerprint density at radius 3 is 2.50 bits per heavy atom. The molecule has 0 aliphatic carbocycles. The number of rotatable bonds is 3. The SMILES string of the molecule is COc1ccc(-c2cc(C(=O)O)c3cccc(C)c3n2)cc1. The van der Waals surface area contributed by atoms with E-state index in [-0.39, 0.29) is 5.56 Å². The zero-order valence-electron chi connectivity index (χ0n) is 12.3. The van der Waals surface area contributed by atoms with Crippen molar-refractivity contribution in [2.24, 2.45) is 0 Å². The van der Waals surface area contributed by atoms with E-state index in [0.717, 1.165) is 16.9 Å². The van der Waals surface area contributed by atoms with Gasteiger partial charge in [-0.3, -0.25) is 0 Å². The van der Waals surface area contributed by atoms with Gasteiger partial charge in [-0.15, -0.1) is 0 Å². The van der Waals surface area contributed by atoms with Crippen LogP contribution in [0.5, 0.6) is 5.75 Å². The summed E-state index contributed by atoms with van der Waals surface area (Å²) in [6, 6.07) is 14.6. The first-order chi connectivity index (χ1) is 10.6. The molecule has 110 valence electrons. The number of pyridine rings is 1. The Morgan fingerprint density at radius 1 is 1.14 bits per heavy atom. The summed E-state index contributed by atoms with van der Waals surface area (Å²) in [5.41, 5.74) is 3.43. The maximum absolute atomic E-state index is 11.6. The quantitative estimate of drug-likeness (QED) is 0.795. The summed E-state index contributed by atoms with van der Waals surface area (Å²) in [6.07, 6.45) is 0. The molecule has 0 fully saturated rings. The van der Waals surface area contributed by atoms with Gasteiger partial charge in [-0.1, -0.05) is 18.2 Å². The number of ether oxygens (including phenoxy) is 1. The molecule has 0 amide bonds. The smallest absolute Gasteiger partial charge is 0.336 e.